The molecular formula is C25H22N6O. The SMILES string of the molecule is O=C(c1ccccn1)N1CCCC1c1nc(Nc2ccccc2)cc(-c2cccnc2)n1. The van der Waals surface area contributed by atoms with Crippen molar-refractivity contribution in [3.05, 3.63) is 96.8 Å². The molecule has 1 N–H and O–H groups in total. The van der Waals surface area contributed by atoms with Gasteiger partial charge in [0.15, 0.2) is 5.82 Å². The number of benzene rings is 1. The van der Waals surface area contributed by atoms with Gasteiger partial charge < -0.3 is 10.2 Å². The molecule has 0 saturated carbocycles. The topological polar surface area (TPSA) is 83.9 Å². The number of nitrogens with zero attached hydrogens (tertiary/aromatic N) is 5. The Labute approximate surface area is 186 Å². The van der Waals surface area contributed by atoms with Crippen LogP contribution >= 0.6 is 0 Å². The second-order valence-corrected chi connectivity index (χ2v) is 7.60. The maximum absolute atomic E-state index is 13.1. The Hall–Kier alpha value is -4.13. The number of carbonyl (C=O) groups is 1. The first kappa shape index (κ1) is 19.8. The fourth-order valence-electron chi connectivity index (χ4n) is 3.93. The van der Waals surface area contributed by atoms with Crippen LogP contribution < -0.4 is 5.32 Å². The molecule has 1 aliphatic heterocycles. The van der Waals surface area contributed by atoms with Gasteiger partial charge in [-0.3, -0.25) is 14.8 Å². The summed E-state index contributed by atoms with van der Waals surface area (Å²) in [5.74, 6) is 1.20. The minimum atomic E-state index is -0.211. The first-order valence-electron chi connectivity index (χ1n) is 10.6. The summed E-state index contributed by atoms with van der Waals surface area (Å²) in [5.41, 5.74) is 3.03. The zero-order valence-electron chi connectivity index (χ0n) is 17.4. The summed E-state index contributed by atoms with van der Waals surface area (Å²) >= 11 is 0. The molecule has 32 heavy (non-hydrogen) atoms. The molecule has 0 aliphatic carbocycles. The van der Waals surface area contributed by atoms with E-state index in [1.165, 1.54) is 0 Å². The van der Waals surface area contributed by atoms with Crippen LogP contribution in [0.5, 0.6) is 0 Å². The summed E-state index contributed by atoms with van der Waals surface area (Å²) in [6.45, 7) is 0.655. The van der Waals surface area contributed by atoms with E-state index in [-0.39, 0.29) is 11.9 Å². The van der Waals surface area contributed by atoms with Crippen molar-refractivity contribution >= 4 is 17.4 Å². The van der Waals surface area contributed by atoms with Crippen LogP contribution in [0.15, 0.2) is 85.3 Å². The van der Waals surface area contributed by atoms with Gasteiger partial charge in [0.2, 0.25) is 0 Å². The quantitative estimate of drug-likeness (QED) is 0.504. The number of rotatable bonds is 5. The summed E-state index contributed by atoms with van der Waals surface area (Å²) in [5, 5.41) is 3.37. The molecule has 4 aromatic rings. The van der Waals surface area contributed by atoms with Gasteiger partial charge >= 0.3 is 0 Å². The highest BCUT2D eigenvalue weighted by Gasteiger charge is 2.33. The molecule has 3 aromatic heterocycles. The summed E-state index contributed by atoms with van der Waals surface area (Å²) in [6.07, 6.45) is 6.85. The van der Waals surface area contributed by atoms with Gasteiger partial charge in [-0.1, -0.05) is 24.3 Å². The van der Waals surface area contributed by atoms with E-state index in [9.17, 15) is 4.79 Å². The molecule has 4 heterocycles. The highest BCUT2D eigenvalue weighted by molar-refractivity contribution is 5.92. The average molecular weight is 422 g/mol. The molecule has 1 aliphatic rings. The van der Waals surface area contributed by atoms with Crippen LogP contribution in [0, 0.1) is 0 Å². The lowest BCUT2D eigenvalue weighted by Gasteiger charge is -2.24. The summed E-state index contributed by atoms with van der Waals surface area (Å²) < 4.78 is 0. The number of nitrogens with one attached hydrogen (secondary N) is 1. The maximum atomic E-state index is 13.1. The monoisotopic (exact) mass is 422 g/mol. The van der Waals surface area contributed by atoms with E-state index in [4.69, 9.17) is 9.97 Å². The molecule has 7 heteroatoms. The predicted molar refractivity (Wildman–Crippen MR) is 122 cm³/mol. The van der Waals surface area contributed by atoms with Crippen molar-refractivity contribution in [2.45, 2.75) is 18.9 Å². The van der Waals surface area contributed by atoms with Crippen LogP contribution in [-0.2, 0) is 0 Å². The molecule has 1 fully saturated rings. The van der Waals surface area contributed by atoms with E-state index < -0.39 is 0 Å². The van der Waals surface area contributed by atoms with E-state index >= 15 is 0 Å². The largest absolute Gasteiger partial charge is 0.340 e. The van der Waals surface area contributed by atoms with Gasteiger partial charge in [0.1, 0.15) is 11.5 Å². The molecular weight excluding hydrogens is 400 g/mol. The Morgan fingerprint density at radius 3 is 2.62 bits per heavy atom. The number of hydrogen-bond acceptors (Lipinski definition) is 6. The highest BCUT2D eigenvalue weighted by atomic mass is 16.2. The van der Waals surface area contributed by atoms with E-state index in [0.717, 1.165) is 29.8 Å². The number of para-hydroxylation sites is 1. The van der Waals surface area contributed by atoms with Gasteiger partial charge in [0, 0.05) is 42.5 Å². The lowest BCUT2D eigenvalue weighted by Crippen LogP contribution is -2.32. The Morgan fingerprint density at radius 2 is 1.84 bits per heavy atom. The zero-order valence-corrected chi connectivity index (χ0v) is 17.4. The van der Waals surface area contributed by atoms with E-state index in [0.29, 0.717) is 23.9 Å². The molecule has 158 valence electrons. The maximum Gasteiger partial charge on any atom is 0.273 e. The molecule has 7 nitrogen and oxygen atoms in total. The first-order chi connectivity index (χ1) is 15.8. The van der Waals surface area contributed by atoms with Crippen LogP contribution in [0.2, 0.25) is 0 Å². The van der Waals surface area contributed by atoms with Crippen LogP contribution in [0.25, 0.3) is 11.3 Å². The fraction of sp³-hybridized carbons (Fsp3) is 0.160. The van der Waals surface area contributed by atoms with Gasteiger partial charge in [-0.15, -0.1) is 0 Å². The van der Waals surface area contributed by atoms with Gasteiger partial charge in [-0.05, 0) is 49.2 Å². The molecule has 0 radical (unpaired) electrons. The Morgan fingerprint density at radius 1 is 0.969 bits per heavy atom. The van der Waals surface area contributed by atoms with Crippen molar-refractivity contribution in [1.82, 2.24) is 24.8 Å². The minimum Gasteiger partial charge on any atom is -0.340 e. The smallest absolute Gasteiger partial charge is 0.273 e. The van der Waals surface area contributed by atoms with Crippen molar-refractivity contribution in [3.8, 4) is 11.3 Å². The second-order valence-electron chi connectivity index (χ2n) is 7.60. The Balaban J connectivity index is 1.53. The first-order valence-corrected chi connectivity index (χ1v) is 10.6. The molecule has 5 rings (SSSR count). The van der Waals surface area contributed by atoms with Crippen LogP contribution in [-0.4, -0.2) is 37.3 Å². The fourth-order valence-corrected chi connectivity index (χ4v) is 3.93. The molecule has 1 atom stereocenters. The highest BCUT2D eigenvalue weighted by Crippen LogP contribution is 2.33. The average Bonchev–Trinajstić information content (AvgIpc) is 3.35. The van der Waals surface area contributed by atoms with Gasteiger partial charge in [-0.2, -0.15) is 0 Å². The van der Waals surface area contributed by atoms with Gasteiger partial charge in [0.05, 0.1) is 11.7 Å². The number of carbonyl (C=O) groups excluding carboxylic acids is 1. The second kappa shape index (κ2) is 8.93. The summed E-state index contributed by atoms with van der Waals surface area (Å²) in [4.78, 5) is 33.1. The van der Waals surface area contributed by atoms with Crippen molar-refractivity contribution in [2.75, 3.05) is 11.9 Å². The third-order valence-corrected chi connectivity index (χ3v) is 5.44. The van der Waals surface area contributed by atoms with Crippen LogP contribution in [0.4, 0.5) is 11.5 Å². The van der Waals surface area contributed by atoms with Crippen molar-refractivity contribution in [2.24, 2.45) is 0 Å². The van der Waals surface area contributed by atoms with Crippen molar-refractivity contribution in [3.63, 3.8) is 0 Å². The normalized spacial score (nSPS) is 15.5. The van der Waals surface area contributed by atoms with Crippen molar-refractivity contribution in [1.29, 1.82) is 0 Å². The number of aromatic nitrogens is 4. The van der Waals surface area contributed by atoms with Crippen LogP contribution in [0.3, 0.4) is 0 Å². The van der Waals surface area contributed by atoms with Gasteiger partial charge in [-0.25, -0.2) is 9.97 Å². The number of amides is 1. The van der Waals surface area contributed by atoms with E-state index in [2.05, 4.69) is 15.3 Å². The van der Waals surface area contributed by atoms with Crippen molar-refractivity contribution < 1.29 is 4.79 Å². The number of hydrogen-bond donors (Lipinski definition) is 1. The lowest BCUT2D eigenvalue weighted by molar-refractivity contribution is 0.0724. The number of pyridine rings is 2. The van der Waals surface area contributed by atoms with E-state index in [1.54, 1.807) is 30.7 Å². The molecule has 1 amide bonds. The Kier molecular flexibility index (Phi) is 5.53. The molecule has 1 unspecified atom stereocenters. The lowest BCUT2D eigenvalue weighted by atomic mass is 10.1. The molecule has 0 bridgehead atoms. The predicted octanol–water partition coefficient (Wildman–Crippen LogP) is 4.65. The molecule has 1 aromatic carbocycles. The number of anilines is 2. The Bertz CT molecular complexity index is 1200. The number of likely N-dealkylation sites (tertiary alicyclic amines) is 1. The third kappa shape index (κ3) is 4.18. The van der Waals surface area contributed by atoms with Gasteiger partial charge in [0.25, 0.3) is 5.91 Å². The molecule has 1 saturated heterocycles. The summed E-state index contributed by atoms with van der Waals surface area (Å²) in [7, 11) is 0. The third-order valence-electron chi connectivity index (χ3n) is 5.44. The zero-order chi connectivity index (χ0) is 21.8. The standard InChI is InChI=1S/C25H22N6O/c32-25(20-11-4-5-14-27-20)31-15-7-12-22(31)24-29-21(18-8-6-13-26-17-18)16-23(30-24)28-19-9-2-1-3-10-19/h1-6,8-11,13-14,16-17,22H,7,12,15H2,(H,28,29,30). The van der Waals surface area contributed by atoms with Crippen LogP contribution in [0.1, 0.15) is 35.2 Å². The summed E-state index contributed by atoms with van der Waals surface area (Å²) in [6, 6.07) is 20.8. The van der Waals surface area contributed by atoms with E-state index in [1.807, 2.05) is 59.5 Å². The molecule has 0 spiro atoms. The minimum absolute atomic E-state index is 0.0963.